The van der Waals surface area contributed by atoms with Crippen molar-refractivity contribution in [2.24, 2.45) is 11.7 Å². The maximum absolute atomic E-state index is 11.9. The molecule has 0 aromatic rings. The Balaban J connectivity index is 3.10. The molecule has 15 heavy (non-hydrogen) atoms. The van der Waals surface area contributed by atoms with Crippen molar-refractivity contribution in [3.63, 3.8) is 0 Å². The molecule has 1 aliphatic carbocycles. The first kappa shape index (κ1) is 12.4. The van der Waals surface area contributed by atoms with E-state index in [-0.39, 0.29) is 5.92 Å². The number of rotatable bonds is 3. The zero-order valence-corrected chi connectivity index (χ0v) is 10.6. The van der Waals surface area contributed by atoms with Crippen molar-refractivity contribution >= 4 is 31.7 Å². The second-order valence-electron chi connectivity index (χ2n) is 3.46. The summed E-state index contributed by atoms with van der Waals surface area (Å²) in [5.74, 6) is -1.74. The topological polar surface area (TPSA) is 77.2 Å². The first-order chi connectivity index (χ1) is 6.79. The van der Waals surface area contributed by atoms with Gasteiger partial charge in [0, 0.05) is 5.92 Å². The molecule has 0 saturated heterocycles. The zero-order valence-electron chi connectivity index (χ0n) is 8.18. The van der Waals surface area contributed by atoms with Crippen molar-refractivity contribution in [3.8, 4) is 0 Å². The van der Waals surface area contributed by atoms with E-state index in [1.165, 1.54) is 6.08 Å². The van der Waals surface area contributed by atoms with E-state index in [9.17, 15) is 13.2 Å². The highest BCUT2D eigenvalue weighted by molar-refractivity contribution is 9.11. The van der Waals surface area contributed by atoms with Crippen molar-refractivity contribution in [3.05, 3.63) is 24.3 Å². The summed E-state index contributed by atoms with van der Waals surface area (Å²) in [5.41, 5.74) is 4.91. The molecule has 2 unspecified atom stereocenters. The molecular weight excluding hydrogens is 282 g/mol. The Morgan fingerprint density at radius 3 is 2.60 bits per heavy atom. The summed E-state index contributed by atoms with van der Waals surface area (Å²) in [7, 11) is -3.63. The third-order valence-electron chi connectivity index (χ3n) is 2.26. The minimum Gasteiger partial charge on any atom is -0.369 e. The molecule has 1 amide bonds. The van der Waals surface area contributed by atoms with Gasteiger partial charge < -0.3 is 5.73 Å². The molecule has 1 aliphatic rings. The van der Waals surface area contributed by atoms with Gasteiger partial charge in [0.05, 0.1) is 0 Å². The summed E-state index contributed by atoms with van der Waals surface area (Å²) in [5, 5.41) is 0. The summed E-state index contributed by atoms with van der Waals surface area (Å²) in [6.07, 6.45) is 6.68. The van der Waals surface area contributed by atoms with Gasteiger partial charge >= 0.3 is 0 Å². The molecule has 2 N–H and O–H groups in total. The fourth-order valence-corrected chi connectivity index (χ4v) is 3.56. The number of alkyl halides is 1. The average Bonchev–Trinajstić information content (AvgIpc) is 2.07. The molecule has 4 nitrogen and oxygen atoms in total. The Morgan fingerprint density at radius 2 is 2.13 bits per heavy atom. The maximum atomic E-state index is 11.9. The summed E-state index contributed by atoms with van der Waals surface area (Å²) in [4.78, 5) is 10.7. The monoisotopic (exact) mass is 293 g/mol. The van der Waals surface area contributed by atoms with E-state index < -0.39 is 25.2 Å². The van der Waals surface area contributed by atoms with Crippen LogP contribution in [0.4, 0.5) is 0 Å². The Hall–Kier alpha value is -0.620. The Bertz CT molecular complexity index is 427. The van der Waals surface area contributed by atoms with Gasteiger partial charge in [0.1, 0.15) is 5.75 Å². The molecule has 1 rings (SSSR count). The fraction of sp³-hybridized carbons (Fsp3) is 0.444. The van der Waals surface area contributed by atoms with Crippen LogP contribution >= 0.6 is 15.9 Å². The first-order valence-corrected chi connectivity index (χ1v) is 6.79. The normalized spacial score (nSPS) is 30.4. The molecule has 0 fully saturated rings. The summed E-state index contributed by atoms with van der Waals surface area (Å²) in [6.45, 7) is 1.76. The van der Waals surface area contributed by atoms with Gasteiger partial charge in [-0.3, -0.25) is 4.79 Å². The molecule has 0 aromatic carbocycles. The highest BCUT2D eigenvalue weighted by atomic mass is 79.9. The van der Waals surface area contributed by atoms with Gasteiger partial charge in [0.25, 0.3) is 0 Å². The van der Waals surface area contributed by atoms with E-state index in [1.807, 2.05) is 0 Å². The highest BCUT2D eigenvalue weighted by Crippen LogP contribution is 2.38. The number of sulfone groups is 1. The number of nitrogens with two attached hydrogens (primary N) is 1. The van der Waals surface area contributed by atoms with Crippen LogP contribution in [0.1, 0.15) is 6.92 Å². The minimum atomic E-state index is -3.63. The van der Waals surface area contributed by atoms with E-state index in [0.29, 0.717) is 0 Å². The Labute approximate surface area is 97.3 Å². The number of hydrogen-bond donors (Lipinski definition) is 1. The van der Waals surface area contributed by atoms with Gasteiger partial charge in [-0.1, -0.05) is 47.2 Å². The van der Waals surface area contributed by atoms with E-state index in [0.717, 1.165) is 0 Å². The van der Waals surface area contributed by atoms with Gasteiger partial charge in [-0.2, -0.15) is 0 Å². The maximum Gasteiger partial charge on any atom is 0.232 e. The van der Waals surface area contributed by atoms with E-state index in [2.05, 4.69) is 15.9 Å². The van der Waals surface area contributed by atoms with Crippen LogP contribution in [0.2, 0.25) is 0 Å². The van der Waals surface area contributed by atoms with Crippen LogP contribution in [0.15, 0.2) is 24.3 Å². The smallest absolute Gasteiger partial charge is 0.232 e. The number of carbonyl (C=O) groups is 1. The van der Waals surface area contributed by atoms with Crippen LogP contribution in [0.5, 0.6) is 0 Å². The largest absolute Gasteiger partial charge is 0.369 e. The molecular formula is C9H12BrNO3S. The minimum absolute atomic E-state index is 0.244. The SMILES string of the molecule is CC1C=CC=CC1(Br)S(=O)(=O)CC(N)=O. The molecule has 0 spiro atoms. The van der Waals surface area contributed by atoms with Gasteiger partial charge in [-0.25, -0.2) is 8.42 Å². The predicted octanol–water partition coefficient (Wildman–Crippen LogP) is 0.740. The molecule has 0 aromatic heterocycles. The quantitative estimate of drug-likeness (QED) is 0.780. The van der Waals surface area contributed by atoms with Crippen LogP contribution in [0.3, 0.4) is 0 Å². The predicted molar refractivity (Wildman–Crippen MR) is 62.1 cm³/mol. The number of hydrogen-bond acceptors (Lipinski definition) is 3. The van der Waals surface area contributed by atoms with E-state index in [4.69, 9.17) is 5.73 Å². The van der Waals surface area contributed by atoms with Crippen molar-refractivity contribution in [2.75, 3.05) is 5.75 Å². The Kier molecular flexibility index (Phi) is 3.40. The number of amides is 1. The third kappa shape index (κ3) is 2.31. The molecule has 6 heteroatoms. The summed E-state index contributed by atoms with van der Waals surface area (Å²) < 4.78 is 22.6. The number of primary amides is 1. The third-order valence-corrected chi connectivity index (χ3v) is 6.86. The second-order valence-corrected chi connectivity index (χ2v) is 7.49. The van der Waals surface area contributed by atoms with Crippen molar-refractivity contribution in [1.82, 2.24) is 0 Å². The van der Waals surface area contributed by atoms with Crippen LogP contribution in [0, 0.1) is 5.92 Å². The van der Waals surface area contributed by atoms with E-state index >= 15 is 0 Å². The molecule has 0 radical (unpaired) electrons. The van der Waals surface area contributed by atoms with Crippen LogP contribution < -0.4 is 5.73 Å². The van der Waals surface area contributed by atoms with Crippen LogP contribution in [-0.4, -0.2) is 23.7 Å². The van der Waals surface area contributed by atoms with Gasteiger partial charge in [0.15, 0.2) is 13.5 Å². The lowest BCUT2D eigenvalue weighted by Gasteiger charge is -2.29. The number of halogens is 1. The van der Waals surface area contributed by atoms with Crippen molar-refractivity contribution in [1.29, 1.82) is 0 Å². The van der Waals surface area contributed by atoms with Gasteiger partial charge in [-0.15, -0.1) is 0 Å². The molecule has 0 aliphatic heterocycles. The average molecular weight is 294 g/mol. The van der Waals surface area contributed by atoms with Gasteiger partial charge in [-0.05, 0) is 0 Å². The molecule has 0 heterocycles. The van der Waals surface area contributed by atoms with Crippen LogP contribution in [0.25, 0.3) is 0 Å². The lowest BCUT2D eigenvalue weighted by atomic mass is 10.0. The zero-order chi connectivity index (χ0) is 11.7. The second kappa shape index (κ2) is 4.09. The first-order valence-electron chi connectivity index (χ1n) is 4.35. The standard InChI is InChI=1S/C9H12BrNO3S/c1-7-4-2-3-5-9(7,10)15(13,14)6-8(11)12/h2-5,7H,6H2,1H3,(H2,11,12). The van der Waals surface area contributed by atoms with Crippen LogP contribution in [-0.2, 0) is 14.6 Å². The molecule has 84 valence electrons. The summed E-state index contributed by atoms with van der Waals surface area (Å²) >= 11 is 3.18. The molecule has 2 atom stereocenters. The lowest BCUT2D eigenvalue weighted by molar-refractivity contribution is -0.115. The lowest BCUT2D eigenvalue weighted by Crippen LogP contribution is -2.41. The van der Waals surface area contributed by atoms with Crippen molar-refractivity contribution in [2.45, 2.75) is 10.6 Å². The number of carbonyl (C=O) groups excluding carboxylic acids is 1. The molecule has 0 bridgehead atoms. The molecule has 0 saturated carbocycles. The summed E-state index contributed by atoms with van der Waals surface area (Å²) in [6, 6.07) is 0. The highest BCUT2D eigenvalue weighted by Gasteiger charge is 2.44. The van der Waals surface area contributed by atoms with Gasteiger partial charge in [0.2, 0.25) is 5.91 Å². The number of allylic oxidation sites excluding steroid dienone is 3. The fourth-order valence-electron chi connectivity index (χ4n) is 1.39. The van der Waals surface area contributed by atoms with E-state index in [1.54, 1.807) is 25.2 Å². The van der Waals surface area contributed by atoms with Crippen molar-refractivity contribution < 1.29 is 13.2 Å². The Morgan fingerprint density at radius 1 is 1.53 bits per heavy atom.